The highest BCUT2D eigenvalue weighted by Crippen LogP contribution is 2.36. The molecule has 0 saturated heterocycles. The van der Waals surface area contributed by atoms with Crippen molar-refractivity contribution < 1.29 is 4.79 Å². The number of hydrogen-bond acceptors (Lipinski definition) is 3. The van der Waals surface area contributed by atoms with Crippen LogP contribution in [-0.4, -0.2) is 56.0 Å². The van der Waals surface area contributed by atoms with Crippen molar-refractivity contribution in [3.05, 3.63) is 0 Å². The molecule has 1 rings (SSSR count). The van der Waals surface area contributed by atoms with Gasteiger partial charge in [-0.3, -0.25) is 4.79 Å². The molecular formula is C16H33N3O. The largest absolute Gasteiger partial charge is 0.341 e. The summed E-state index contributed by atoms with van der Waals surface area (Å²) in [6.07, 6.45) is 7.77. The van der Waals surface area contributed by atoms with Crippen molar-refractivity contribution in [3.8, 4) is 0 Å². The zero-order valence-electron chi connectivity index (χ0n) is 13.7. The molecule has 0 bridgehead atoms. The quantitative estimate of drug-likeness (QED) is 0.728. The standard InChI is InChI=1S/C16H33N3O/c1-4-11-19(13-12-18(2)3)15(20)16(14-17)9-7-5-6-8-10-16/h4-14,17H2,1-3H3. The maximum Gasteiger partial charge on any atom is 0.230 e. The van der Waals surface area contributed by atoms with Crippen LogP contribution in [0.25, 0.3) is 0 Å². The number of amides is 1. The number of hydrogen-bond donors (Lipinski definition) is 1. The van der Waals surface area contributed by atoms with E-state index in [0.29, 0.717) is 12.5 Å². The Kier molecular flexibility index (Phi) is 7.52. The maximum atomic E-state index is 13.0. The fourth-order valence-electron chi connectivity index (χ4n) is 3.15. The van der Waals surface area contributed by atoms with Gasteiger partial charge in [-0.1, -0.05) is 32.6 Å². The average Bonchev–Trinajstić information content (AvgIpc) is 2.68. The van der Waals surface area contributed by atoms with Crippen molar-refractivity contribution >= 4 is 5.91 Å². The number of likely N-dealkylation sites (N-methyl/N-ethyl adjacent to an activating group) is 1. The molecule has 1 fully saturated rings. The minimum atomic E-state index is -0.280. The third kappa shape index (κ3) is 4.74. The molecule has 4 heteroatoms. The lowest BCUT2D eigenvalue weighted by Gasteiger charge is -2.36. The third-order valence-corrected chi connectivity index (χ3v) is 4.50. The minimum absolute atomic E-state index is 0.280. The summed E-state index contributed by atoms with van der Waals surface area (Å²) in [5, 5.41) is 0. The summed E-state index contributed by atoms with van der Waals surface area (Å²) in [7, 11) is 4.11. The van der Waals surface area contributed by atoms with Gasteiger partial charge >= 0.3 is 0 Å². The molecule has 0 aliphatic heterocycles. The highest BCUT2D eigenvalue weighted by atomic mass is 16.2. The first kappa shape index (κ1) is 17.4. The topological polar surface area (TPSA) is 49.6 Å². The molecular weight excluding hydrogens is 250 g/mol. The van der Waals surface area contributed by atoms with E-state index in [-0.39, 0.29) is 5.41 Å². The Morgan fingerprint density at radius 3 is 2.10 bits per heavy atom. The van der Waals surface area contributed by atoms with Crippen molar-refractivity contribution in [2.24, 2.45) is 11.1 Å². The lowest BCUT2D eigenvalue weighted by atomic mass is 9.79. The van der Waals surface area contributed by atoms with Crippen LogP contribution in [0, 0.1) is 5.41 Å². The van der Waals surface area contributed by atoms with Gasteiger partial charge in [-0.2, -0.15) is 0 Å². The summed E-state index contributed by atoms with van der Waals surface area (Å²) in [6, 6.07) is 0. The lowest BCUT2D eigenvalue weighted by molar-refractivity contribution is -0.142. The molecule has 0 aromatic rings. The molecule has 1 aliphatic rings. The van der Waals surface area contributed by atoms with Crippen molar-refractivity contribution in [1.82, 2.24) is 9.80 Å². The van der Waals surface area contributed by atoms with E-state index < -0.39 is 0 Å². The Bertz CT molecular complexity index is 283. The second-order valence-corrected chi connectivity index (χ2v) is 6.49. The van der Waals surface area contributed by atoms with Crippen LogP contribution in [0.5, 0.6) is 0 Å². The Morgan fingerprint density at radius 2 is 1.65 bits per heavy atom. The SMILES string of the molecule is CCCN(CCN(C)C)C(=O)C1(CN)CCCCCC1. The molecule has 118 valence electrons. The van der Waals surface area contributed by atoms with Crippen LogP contribution in [0.2, 0.25) is 0 Å². The number of carbonyl (C=O) groups excluding carboxylic acids is 1. The van der Waals surface area contributed by atoms with Gasteiger partial charge in [0.15, 0.2) is 0 Å². The Labute approximate surface area is 124 Å². The van der Waals surface area contributed by atoms with Gasteiger partial charge in [0, 0.05) is 26.2 Å². The molecule has 0 radical (unpaired) electrons. The summed E-state index contributed by atoms with van der Waals surface area (Å²) in [5.74, 6) is 0.311. The molecule has 1 aliphatic carbocycles. The van der Waals surface area contributed by atoms with E-state index in [1.807, 2.05) is 0 Å². The predicted octanol–water partition coefficient (Wildman–Crippen LogP) is 2.09. The first-order valence-electron chi connectivity index (χ1n) is 8.20. The van der Waals surface area contributed by atoms with Crippen LogP contribution in [0.15, 0.2) is 0 Å². The number of nitrogens with two attached hydrogens (primary N) is 1. The van der Waals surface area contributed by atoms with Gasteiger partial charge in [0.25, 0.3) is 0 Å². The molecule has 0 unspecified atom stereocenters. The van der Waals surface area contributed by atoms with Crippen LogP contribution in [0.1, 0.15) is 51.9 Å². The smallest absolute Gasteiger partial charge is 0.230 e. The number of rotatable bonds is 7. The summed E-state index contributed by atoms with van der Waals surface area (Å²) in [5.41, 5.74) is 5.76. The van der Waals surface area contributed by atoms with Gasteiger partial charge < -0.3 is 15.5 Å². The molecule has 0 heterocycles. The zero-order valence-corrected chi connectivity index (χ0v) is 13.7. The van der Waals surface area contributed by atoms with Gasteiger partial charge in [-0.25, -0.2) is 0 Å². The van der Waals surface area contributed by atoms with Crippen molar-refractivity contribution in [2.75, 3.05) is 40.3 Å². The van der Waals surface area contributed by atoms with E-state index in [1.54, 1.807) is 0 Å². The summed E-state index contributed by atoms with van der Waals surface area (Å²) < 4.78 is 0. The van der Waals surface area contributed by atoms with Crippen LogP contribution in [0.4, 0.5) is 0 Å². The highest BCUT2D eigenvalue weighted by molar-refractivity contribution is 5.83. The first-order chi connectivity index (χ1) is 9.55. The molecule has 1 amide bonds. The Balaban J connectivity index is 2.77. The van der Waals surface area contributed by atoms with E-state index in [2.05, 4.69) is 30.8 Å². The van der Waals surface area contributed by atoms with Crippen molar-refractivity contribution in [3.63, 3.8) is 0 Å². The Hall–Kier alpha value is -0.610. The first-order valence-corrected chi connectivity index (χ1v) is 8.20. The fraction of sp³-hybridized carbons (Fsp3) is 0.938. The average molecular weight is 283 g/mol. The van der Waals surface area contributed by atoms with E-state index in [9.17, 15) is 4.79 Å². The van der Waals surface area contributed by atoms with Crippen LogP contribution in [0.3, 0.4) is 0 Å². The van der Waals surface area contributed by atoms with Gasteiger partial charge in [-0.15, -0.1) is 0 Å². The molecule has 0 atom stereocenters. The molecule has 20 heavy (non-hydrogen) atoms. The van der Waals surface area contributed by atoms with E-state index in [0.717, 1.165) is 51.7 Å². The van der Waals surface area contributed by atoms with Crippen LogP contribution < -0.4 is 5.73 Å². The van der Waals surface area contributed by atoms with E-state index in [1.165, 1.54) is 12.8 Å². The molecule has 0 spiro atoms. The summed E-state index contributed by atoms with van der Waals surface area (Å²) in [4.78, 5) is 17.2. The highest BCUT2D eigenvalue weighted by Gasteiger charge is 2.39. The minimum Gasteiger partial charge on any atom is -0.341 e. The van der Waals surface area contributed by atoms with Crippen LogP contribution in [-0.2, 0) is 4.79 Å². The van der Waals surface area contributed by atoms with Gasteiger partial charge in [0.2, 0.25) is 5.91 Å². The summed E-state index contributed by atoms with van der Waals surface area (Å²) in [6.45, 7) is 5.24. The normalized spacial score (nSPS) is 18.9. The molecule has 4 nitrogen and oxygen atoms in total. The second-order valence-electron chi connectivity index (χ2n) is 6.49. The van der Waals surface area contributed by atoms with E-state index in [4.69, 9.17) is 5.73 Å². The molecule has 2 N–H and O–H groups in total. The van der Waals surface area contributed by atoms with Crippen LogP contribution >= 0.6 is 0 Å². The van der Waals surface area contributed by atoms with Gasteiger partial charge in [-0.05, 0) is 33.4 Å². The molecule has 0 aromatic heterocycles. The maximum absolute atomic E-state index is 13.0. The zero-order chi connectivity index (χ0) is 15.0. The fourth-order valence-corrected chi connectivity index (χ4v) is 3.15. The van der Waals surface area contributed by atoms with E-state index >= 15 is 0 Å². The second kappa shape index (κ2) is 8.63. The number of carbonyl (C=O) groups is 1. The summed E-state index contributed by atoms with van der Waals surface area (Å²) >= 11 is 0. The van der Waals surface area contributed by atoms with Gasteiger partial charge in [0.1, 0.15) is 0 Å². The predicted molar refractivity (Wildman–Crippen MR) is 84.6 cm³/mol. The number of nitrogens with zero attached hydrogens (tertiary/aromatic N) is 2. The third-order valence-electron chi connectivity index (χ3n) is 4.50. The van der Waals surface area contributed by atoms with Crippen molar-refractivity contribution in [1.29, 1.82) is 0 Å². The van der Waals surface area contributed by atoms with Gasteiger partial charge in [0.05, 0.1) is 5.41 Å². The molecule has 0 aromatic carbocycles. The molecule has 1 saturated carbocycles. The Morgan fingerprint density at radius 1 is 1.05 bits per heavy atom. The monoisotopic (exact) mass is 283 g/mol. The lowest BCUT2D eigenvalue weighted by Crippen LogP contribution is -2.49. The van der Waals surface area contributed by atoms with Crippen molar-refractivity contribution in [2.45, 2.75) is 51.9 Å².